The number of piperidine rings is 1. The molecular formula is C23H30N2O5. The van der Waals surface area contributed by atoms with E-state index in [0.717, 1.165) is 37.2 Å². The molecule has 1 unspecified atom stereocenters. The molecule has 3 aliphatic rings. The maximum Gasteiger partial charge on any atom is 0.311 e. The zero-order valence-corrected chi connectivity index (χ0v) is 17.8. The van der Waals surface area contributed by atoms with Crippen LogP contribution in [0.1, 0.15) is 30.1 Å². The van der Waals surface area contributed by atoms with Gasteiger partial charge in [-0.2, -0.15) is 0 Å². The number of fused-ring (bicyclic) bond motifs is 6. The molecule has 0 bridgehead atoms. The van der Waals surface area contributed by atoms with Crippen LogP contribution < -0.4 is 4.74 Å². The van der Waals surface area contributed by atoms with Crippen molar-refractivity contribution in [1.82, 2.24) is 9.88 Å². The zero-order chi connectivity index (χ0) is 21.0. The largest absolute Gasteiger partial charge is 0.497 e. The van der Waals surface area contributed by atoms with E-state index in [1.807, 2.05) is 6.07 Å². The summed E-state index contributed by atoms with van der Waals surface area (Å²) in [5.74, 6) is 0.514. The number of aromatic amines is 1. The number of aromatic nitrogens is 1. The summed E-state index contributed by atoms with van der Waals surface area (Å²) in [4.78, 5) is 18.9. The lowest BCUT2D eigenvalue weighted by Gasteiger charge is -2.52. The predicted molar refractivity (Wildman–Crippen MR) is 111 cm³/mol. The van der Waals surface area contributed by atoms with E-state index in [-0.39, 0.29) is 23.8 Å². The van der Waals surface area contributed by atoms with Crippen molar-refractivity contribution in [2.75, 3.05) is 34.4 Å². The highest BCUT2D eigenvalue weighted by atomic mass is 16.5. The third kappa shape index (κ3) is 2.94. The number of methoxy groups -OCH3 is 3. The highest BCUT2D eigenvalue weighted by Crippen LogP contribution is 2.50. The van der Waals surface area contributed by atoms with Gasteiger partial charge in [0.2, 0.25) is 0 Å². The van der Waals surface area contributed by atoms with Crippen LogP contribution in [0.5, 0.6) is 5.75 Å². The molecule has 2 aliphatic heterocycles. The zero-order valence-electron chi connectivity index (χ0n) is 17.8. The Hall–Kier alpha value is -2.09. The Kier molecular flexibility index (Phi) is 5.00. The molecule has 1 aromatic carbocycles. The first kappa shape index (κ1) is 19.8. The van der Waals surface area contributed by atoms with Crippen molar-refractivity contribution in [3.63, 3.8) is 0 Å². The van der Waals surface area contributed by atoms with Gasteiger partial charge in [0.1, 0.15) is 5.75 Å². The molecule has 162 valence electrons. The minimum Gasteiger partial charge on any atom is -0.497 e. The van der Waals surface area contributed by atoms with Crippen LogP contribution in [-0.4, -0.2) is 67.6 Å². The average Bonchev–Trinajstić information content (AvgIpc) is 3.14. The van der Waals surface area contributed by atoms with Crippen molar-refractivity contribution in [1.29, 1.82) is 0 Å². The lowest BCUT2D eigenvalue weighted by Crippen LogP contribution is -2.57. The maximum absolute atomic E-state index is 12.7. The Balaban J connectivity index is 1.52. The molecule has 0 amide bonds. The van der Waals surface area contributed by atoms with Crippen LogP contribution in [0.25, 0.3) is 10.9 Å². The van der Waals surface area contributed by atoms with Gasteiger partial charge in [0.05, 0.1) is 38.4 Å². The second kappa shape index (κ2) is 7.55. The van der Waals surface area contributed by atoms with Gasteiger partial charge in [-0.15, -0.1) is 0 Å². The van der Waals surface area contributed by atoms with Crippen LogP contribution in [0.2, 0.25) is 0 Å². The highest BCUT2D eigenvalue weighted by Gasteiger charge is 2.53. The summed E-state index contributed by atoms with van der Waals surface area (Å²) in [5.41, 5.74) is 3.73. The number of nitrogens with one attached hydrogen (secondary N) is 1. The van der Waals surface area contributed by atoms with E-state index >= 15 is 0 Å². The van der Waals surface area contributed by atoms with E-state index in [2.05, 4.69) is 22.0 Å². The van der Waals surface area contributed by atoms with Crippen molar-refractivity contribution < 1.29 is 24.1 Å². The van der Waals surface area contributed by atoms with E-state index in [1.54, 1.807) is 14.2 Å². The number of hydrogen-bond acceptors (Lipinski definition) is 6. The Labute approximate surface area is 176 Å². The molecule has 2 N–H and O–H groups in total. The highest BCUT2D eigenvalue weighted by molar-refractivity contribution is 5.86. The number of ether oxygens (including phenoxy) is 3. The van der Waals surface area contributed by atoms with Crippen molar-refractivity contribution in [2.24, 2.45) is 17.8 Å². The number of carbonyl (C=O) groups excluding carboxylic acids is 1. The second-order valence-electron chi connectivity index (χ2n) is 8.90. The molecule has 7 heteroatoms. The molecule has 3 heterocycles. The van der Waals surface area contributed by atoms with Crippen LogP contribution in [0.4, 0.5) is 0 Å². The van der Waals surface area contributed by atoms with Gasteiger partial charge in [-0.3, -0.25) is 9.69 Å². The topological polar surface area (TPSA) is 84.0 Å². The number of aliphatic hydroxyl groups is 1. The minimum atomic E-state index is -0.641. The van der Waals surface area contributed by atoms with E-state index in [4.69, 9.17) is 14.2 Å². The maximum atomic E-state index is 12.7. The molecule has 0 radical (unpaired) electrons. The van der Waals surface area contributed by atoms with Gasteiger partial charge < -0.3 is 24.3 Å². The first-order valence-electron chi connectivity index (χ1n) is 10.8. The summed E-state index contributed by atoms with van der Waals surface area (Å²) < 4.78 is 16.1. The van der Waals surface area contributed by atoms with Crippen molar-refractivity contribution in [2.45, 2.75) is 37.5 Å². The lowest BCUT2D eigenvalue weighted by atomic mass is 9.64. The van der Waals surface area contributed by atoms with Gasteiger partial charge in [-0.05, 0) is 48.8 Å². The third-order valence-corrected chi connectivity index (χ3v) is 7.62. The number of H-pyrrole nitrogens is 1. The van der Waals surface area contributed by atoms with Crippen LogP contribution in [0.15, 0.2) is 18.2 Å². The fraction of sp³-hybridized carbons (Fsp3) is 0.609. The predicted octanol–water partition coefficient (Wildman–Crippen LogP) is 2.28. The smallest absolute Gasteiger partial charge is 0.311 e. The van der Waals surface area contributed by atoms with Crippen molar-refractivity contribution in [3.8, 4) is 5.75 Å². The Morgan fingerprint density at radius 3 is 2.80 bits per heavy atom. The van der Waals surface area contributed by atoms with Crippen molar-refractivity contribution >= 4 is 16.9 Å². The van der Waals surface area contributed by atoms with E-state index in [0.29, 0.717) is 6.42 Å². The molecule has 0 spiro atoms. The molecule has 30 heavy (non-hydrogen) atoms. The second-order valence-corrected chi connectivity index (χ2v) is 8.90. The molecule has 2 aromatic rings. The number of benzene rings is 1. The monoisotopic (exact) mass is 414 g/mol. The minimum absolute atomic E-state index is 0.124. The molecule has 1 saturated heterocycles. The fourth-order valence-corrected chi connectivity index (χ4v) is 6.27. The summed E-state index contributed by atoms with van der Waals surface area (Å²) in [6, 6.07) is 6.44. The van der Waals surface area contributed by atoms with Gasteiger partial charge >= 0.3 is 5.97 Å². The standard InChI is InChI=1S/C23H30N2O5/c1-28-13-4-5-14-15-6-7-25-11-12-8-19(26)22(29-2)20(23(27)30-3)16(12)10-18(25)21(15)24-17(14)9-13/h4-5,9,12,16,18-20,22,24,26H,6-8,10-11H2,1-3H3/t12-,16-,18+,19+,20-,22?/m0/s1. The summed E-state index contributed by atoms with van der Waals surface area (Å²) in [5, 5.41) is 11.9. The van der Waals surface area contributed by atoms with Crippen LogP contribution >= 0.6 is 0 Å². The van der Waals surface area contributed by atoms with E-state index < -0.39 is 18.1 Å². The van der Waals surface area contributed by atoms with Gasteiger partial charge in [-0.25, -0.2) is 0 Å². The van der Waals surface area contributed by atoms with Gasteiger partial charge in [0.15, 0.2) is 0 Å². The number of aliphatic hydroxyl groups excluding tert-OH is 1. The molecule has 7 nitrogen and oxygen atoms in total. The molecule has 6 atom stereocenters. The van der Waals surface area contributed by atoms with E-state index in [9.17, 15) is 9.90 Å². The van der Waals surface area contributed by atoms with Crippen LogP contribution in [0, 0.1) is 17.8 Å². The summed E-state index contributed by atoms with van der Waals surface area (Å²) in [6.07, 6.45) is 1.36. The molecular weight excluding hydrogens is 384 g/mol. The fourth-order valence-electron chi connectivity index (χ4n) is 6.27. The van der Waals surface area contributed by atoms with E-state index in [1.165, 1.54) is 23.8 Å². The molecule has 1 aromatic heterocycles. The number of rotatable bonds is 3. The lowest BCUT2D eigenvalue weighted by molar-refractivity contribution is -0.175. The van der Waals surface area contributed by atoms with Crippen LogP contribution in [0.3, 0.4) is 0 Å². The Bertz CT molecular complexity index is 956. The first-order valence-corrected chi connectivity index (χ1v) is 10.8. The summed E-state index contributed by atoms with van der Waals surface area (Å²) in [7, 11) is 4.68. The van der Waals surface area contributed by atoms with Gasteiger partial charge in [-0.1, -0.05) is 0 Å². The average molecular weight is 415 g/mol. The molecule has 1 saturated carbocycles. The number of nitrogens with zero attached hydrogens (tertiary/aromatic N) is 1. The normalized spacial score (nSPS) is 33.5. The Morgan fingerprint density at radius 2 is 2.07 bits per heavy atom. The summed E-state index contributed by atoms with van der Waals surface area (Å²) >= 11 is 0. The van der Waals surface area contributed by atoms with Gasteiger partial charge in [0, 0.05) is 42.9 Å². The number of carbonyl (C=O) groups is 1. The SMILES string of the molecule is COC(=O)[C@@H]1C(OC)[C@H](O)C[C@H]2CN3CCc4c([nH]c5cc(OC)ccc45)[C@H]3C[C@@H]21. The van der Waals surface area contributed by atoms with Crippen LogP contribution in [-0.2, 0) is 20.7 Å². The molecule has 5 rings (SSSR count). The first-order chi connectivity index (χ1) is 14.5. The summed E-state index contributed by atoms with van der Waals surface area (Å²) in [6.45, 7) is 1.88. The third-order valence-electron chi connectivity index (χ3n) is 7.62. The quantitative estimate of drug-likeness (QED) is 0.750. The molecule has 1 aliphatic carbocycles. The molecule has 2 fully saturated rings. The number of hydrogen-bond donors (Lipinski definition) is 2. The number of esters is 1. The Morgan fingerprint density at radius 1 is 1.23 bits per heavy atom. The van der Waals surface area contributed by atoms with Gasteiger partial charge in [0.25, 0.3) is 0 Å². The van der Waals surface area contributed by atoms with Crippen molar-refractivity contribution in [3.05, 3.63) is 29.5 Å².